The lowest BCUT2D eigenvalue weighted by Crippen LogP contribution is -2.49. The highest BCUT2D eigenvalue weighted by Gasteiger charge is 2.43. The SMILES string of the molecule is CCNC1CC2CCC(C1)N2C(C)c1cc(C)oc1C. The lowest BCUT2D eigenvalue weighted by Gasteiger charge is -2.42. The van der Waals surface area contributed by atoms with E-state index in [-0.39, 0.29) is 0 Å². The lowest BCUT2D eigenvalue weighted by atomic mass is 9.93. The third-order valence-electron chi connectivity index (χ3n) is 5.26. The van der Waals surface area contributed by atoms with Gasteiger partial charge in [0.1, 0.15) is 11.5 Å². The second kappa shape index (κ2) is 5.53. The molecule has 1 aromatic heterocycles. The molecule has 0 spiro atoms. The lowest BCUT2D eigenvalue weighted by molar-refractivity contribution is 0.0769. The summed E-state index contributed by atoms with van der Waals surface area (Å²) < 4.78 is 5.74. The smallest absolute Gasteiger partial charge is 0.105 e. The topological polar surface area (TPSA) is 28.4 Å². The fourth-order valence-corrected chi connectivity index (χ4v) is 4.53. The van der Waals surface area contributed by atoms with Gasteiger partial charge in [-0.25, -0.2) is 0 Å². The molecule has 0 radical (unpaired) electrons. The summed E-state index contributed by atoms with van der Waals surface area (Å²) in [5, 5.41) is 3.65. The van der Waals surface area contributed by atoms with Crippen LogP contribution in [-0.2, 0) is 0 Å². The Labute approximate surface area is 122 Å². The Hall–Kier alpha value is -0.800. The highest BCUT2D eigenvalue weighted by molar-refractivity contribution is 5.24. The second-order valence-corrected chi connectivity index (χ2v) is 6.60. The van der Waals surface area contributed by atoms with Crippen molar-refractivity contribution in [3.8, 4) is 0 Å². The minimum Gasteiger partial charge on any atom is -0.466 e. The molecule has 3 heterocycles. The Kier molecular flexibility index (Phi) is 3.91. The van der Waals surface area contributed by atoms with Gasteiger partial charge < -0.3 is 9.73 Å². The first-order chi connectivity index (χ1) is 9.60. The minimum absolute atomic E-state index is 0.493. The molecule has 2 aliphatic heterocycles. The third kappa shape index (κ3) is 2.42. The normalized spacial score (nSPS) is 31.7. The summed E-state index contributed by atoms with van der Waals surface area (Å²) in [7, 11) is 0. The summed E-state index contributed by atoms with van der Waals surface area (Å²) in [6.07, 6.45) is 5.36. The van der Waals surface area contributed by atoms with Gasteiger partial charge in [-0.05, 0) is 59.1 Å². The first-order valence-electron chi connectivity index (χ1n) is 8.18. The van der Waals surface area contributed by atoms with Crippen molar-refractivity contribution in [3.63, 3.8) is 0 Å². The van der Waals surface area contributed by atoms with Crippen molar-refractivity contribution in [1.82, 2.24) is 10.2 Å². The van der Waals surface area contributed by atoms with Crippen molar-refractivity contribution < 1.29 is 4.42 Å². The molecule has 3 heteroatoms. The molecule has 1 aromatic rings. The number of nitrogens with zero attached hydrogens (tertiary/aromatic N) is 1. The molecule has 2 aliphatic rings. The van der Waals surface area contributed by atoms with E-state index in [4.69, 9.17) is 4.42 Å². The molecule has 0 amide bonds. The highest BCUT2D eigenvalue weighted by atomic mass is 16.3. The van der Waals surface area contributed by atoms with Gasteiger partial charge in [0.25, 0.3) is 0 Å². The maximum absolute atomic E-state index is 5.74. The second-order valence-electron chi connectivity index (χ2n) is 6.60. The van der Waals surface area contributed by atoms with Crippen LogP contribution in [0.4, 0.5) is 0 Å². The van der Waals surface area contributed by atoms with Gasteiger partial charge in [0.15, 0.2) is 0 Å². The zero-order valence-corrected chi connectivity index (χ0v) is 13.3. The molecule has 3 atom stereocenters. The molecule has 0 saturated carbocycles. The van der Waals surface area contributed by atoms with Gasteiger partial charge in [0, 0.05) is 29.7 Å². The van der Waals surface area contributed by atoms with Gasteiger partial charge in [-0.15, -0.1) is 0 Å². The van der Waals surface area contributed by atoms with Crippen molar-refractivity contribution in [2.24, 2.45) is 0 Å². The Bertz CT molecular complexity index is 454. The van der Waals surface area contributed by atoms with Crippen LogP contribution in [0.3, 0.4) is 0 Å². The van der Waals surface area contributed by atoms with E-state index in [1.807, 2.05) is 0 Å². The Morgan fingerprint density at radius 2 is 1.95 bits per heavy atom. The van der Waals surface area contributed by atoms with Crippen LogP contribution in [-0.4, -0.2) is 29.6 Å². The maximum atomic E-state index is 5.74. The summed E-state index contributed by atoms with van der Waals surface area (Å²) >= 11 is 0. The molecule has 3 unspecified atom stereocenters. The van der Waals surface area contributed by atoms with Crippen LogP contribution in [0.5, 0.6) is 0 Å². The van der Waals surface area contributed by atoms with Gasteiger partial charge >= 0.3 is 0 Å². The van der Waals surface area contributed by atoms with Gasteiger partial charge in [0.2, 0.25) is 0 Å². The Balaban J connectivity index is 1.77. The van der Waals surface area contributed by atoms with E-state index < -0.39 is 0 Å². The summed E-state index contributed by atoms with van der Waals surface area (Å²) in [6, 6.07) is 4.96. The van der Waals surface area contributed by atoms with Crippen LogP contribution in [0.2, 0.25) is 0 Å². The maximum Gasteiger partial charge on any atom is 0.105 e. The van der Waals surface area contributed by atoms with Crippen molar-refractivity contribution in [2.45, 2.75) is 77.5 Å². The first kappa shape index (κ1) is 14.2. The highest BCUT2D eigenvalue weighted by Crippen LogP contribution is 2.42. The summed E-state index contributed by atoms with van der Waals surface area (Å²) in [5.74, 6) is 2.14. The predicted molar refractivity (Wildman–Crippen MR) is 81.9 cm³/mol. The van der Waals surface area contributed by atoms with Gasteiger partial charge in [-0.1, -0.05) is 6.92 Å². The number of aryl methyl sites for hydroxylation is 2. The zero-order chi connectivity index (χ0) is 14.3. The fourth-order valence-electron chi connectivity index (χ4n) is 4.53. The molecule has 2 bridgehead atoms. The monoisotopic (exact) mass is 276 g/mol. The van der Waals surface area contributed by atoms with Gasteiger partial charge in [0.05, 0.1) is 0 Å². The first-order valence-corrected chi connectivity index (χ1v) is 8.18. The molecular weight excluding hydrogens is 248 g/mol. The molecule has 3 rings (SSSR count). The molecular formula is C17H28N2O. The predicted octanol–water partition coefficient (Wildman–Crippen LogP) is 3.56. The largest absolute Gasteiger partial charge is 0.466 e. The van der Waals surface area contributed by atoms with E-state index in [1.165, 1.54) is 31.2 Å². The average molecular weight is 276 g/mol. The third-order valence-corrected chi connectivity index (χ3v) is 5.26. The van der Waals surface area contributed by atoms with Crippen LogP contribution in [0.1, 0.15) is 62.7 Å². The van der Waals surface area contributed by atoms with Crippen LogP contribution >= 0.6 is 0 Å². The van der Waals surface area contributed by atoms with Gasteiger partial charge in [-0.2, -0.15) is 0 Å². The molecule has 2 fully saturated rings. The number of hydrogen-bond acceptors (Lipinski definition) is 3. The number of rotatable bonds is 4. The van der Waals surface area contributed by atoms with Crippen LogP contribution in [0.15, 0.2) is 10.5 Å². The van der Waals surface area contributed by atoms with E-state index >= 15 is 0 Å². The van der Waals surface area contributed by atoms with Crippen molar-refractivity contribution >= 4 is 0 Å². The standard InChI is InChI=1S/C17H28N2O/c1-5-18-14-9-15-6-7-16(10-14)19(15)12(3)17-8-11(2)20-13(17)4/h8,12,14-16,18H,5-7,9-10H2,1-4H3. The molecule has 1 N–H and O–H groups in total. The van der Waals surface area contributed by atoms with Crippen molar-refractivity contribution in [1.29, 1.82) is 0 Å². The van der Waals surface area contributed by atoms with E-state index in [0.717, 1.165) is 36.2 Å². The van der Waals surface area contributed by atoms with Crippen LogP contribution < -0.4 is 5.32 Å². The summed E-state index contributed by atoms with van der Waals surface area (Å²) in [6.45, 7) is 9.83. The summed E-state index contributed by atoms with van der Waals surface area (Å²) in [5.41, 5.74) is 1.39. The molecule has 0 aromatic carbocycles. The molecule has 20 heavy (non-hydrogen) atoms. The quantitative estimate of drug-likeness (QED) is 0.911. The molecule has 112 valence electrons. The summed E-state index contributed by atoms with van der Waals surface area (Å²) in [4.78, 5) is 2.77. The van der Waals surface area contributed by atoms with E-state index in [0.29, 0.717) is 6.04 Å². The fraction of sp³-hybridized carbons (Fsp3) is 0.765. The van der Waals surface area contributed by atoms with E-state index in [9.17, 15) is 0 Å². The number of fused-ring (bicyclic) bond motifs is 2. The van der Waals surface area contributed by atoms with Crippen molar-refractivity contribution in [2.75, 3.05) is 6.54 Å². The van der Waals surface area contributed by atoms with Crippen LogP contribution in [0, 0.1) is 13.8 Å². The number of hydrogen-bond donors (Lipinski definition) is 1. The molecule has 3 nitrogen and oxygen atoms in total. The number of piperidine rings is 1. The van der Waals surface area contributed by atoms with Crippen molar-refractivity contribution in [3.05, 3.63) is 23.2 Å². The Morgan fingerprint density at radius 3 is 2.45 bits per heavy atom. The zero-order valence-electron chi connectivity index (χ0n) is 13.3. The van der Waals surface area contributed by atoms with E-state index in [2.05, 4.69) is 44.0 Å². The minimum atomic E-state index is 0.493. The Morgan fingerprint density at radius 1 is 1.30 bits per heavy atom. The van der Waals surface area contributed by atoms with Gasteiger partial charge in [-0.3, -0.25) is 4.90 Å². The molecule has 2 saturated heterocycles. The number of nitrogens with one attached hydrogen (secondary N) is 1. The average Bonchev–Trinajstić information content (AvgIpc) is 2.87. The molecule has 0 aliphatic carbocycles. The number of furan rings is 1. The van der Waals surface area contributed by atoms with E-state index in [1.54, 1.807) is 0 Å². The van der Waals surface area contributed by atoms with Crippen LogP contribution in [0.25, 0.3) is 0 Å².